The molecule has 0 saturated heterocycles. The molecule has 3 aliphatic rings. The maximum atomic E-state index is 12.1. The van der Waals surface area contributed by atoms with Crippen molar-refractivity contribution < 1.29 is 4.79 Å². The van der Waals surface area contributed by atoms with E-state index < -0.39 is 0 Å². The third-order valence-corrected chi connectivity index (χ3v) is 5.92. The highest BCUT2D eigenvalue weighted by molar-refractivity contribution is 6.31. The number of fused-ring (bicyclic) bond motifs is 2. The third-order valence-electron chi connectivity index (χ3n) is 5.52. The van der Waals surface area contributed by atoms with Crippen LogP contribution in [0.1, 0.15) is 71.5 Å². The Morgan fingerprint density at radius 1 is 1.17 bits per heavy atom. The monoisotopic (exact) mass is 340 g/mol. The zero-order chi connectivity index (χ0) is 16.8. The number of Topliss-reactive ketones (excluding diaryl/α,β-unsaturated/α-hetero) is 1. The summed E-state index contributed by atoms with van der Waals surface area (Å²) in [5, 5.41) is 4.19. The lowest BCUT2D eigenvalue weighted by Crippen LogP contribution is -2.25. The Labute approximate surface area is 147 Å². The van der Waals surface area contributed by atoms with E-state index in [1.807, 2.05) is 25.1 Å². The Morgan fingerprint density at radius 3 is 2.46 bits per heavy atom. The van der Waals surface area contributed by atoms with Crippen LogP contribution in [0, 0.1) is 6.92 Å². The summed E-state index contributed by atoms with van der Waals surface area (Å²) in [4.78, 5) is 16.7. The predicted molar refractivity (Wildman–Crippen MR) is 97.7 cm³/mol. The number of hydrogen-bond acceptors (Lipinski definition) is 3. The minimum absolute atomic E-state index is 0.122. The molecule has 4 heteroatoms. The van der Waals surface area contributed by atoms with E-state index in [1.165, 1.54) is 36.8 Å². The van der Waals surface area contributed by atoms with Crippen LogP contribution >= 0.6 is 11.6 Å². The second-order valence-corrected chi connectivity index (χ2v) is 7.45. The first-order chi connectivity index (χ1) is 11.5. The molecule has 0 amide bonds. The van der Waals surface area contributed by atoms with Crippen LogP contribution in [0.2, 0.25) is 5.02 Å². The lowest BCUT2D eigenvalue weighted by Gasteiger charge is -2.40. The van der Waals surface area contributed by atoms with E-state index in [9.17, 15) is 4.79 Å². The molecule has 1 aromatic heterocycles. The summed E-state index contributed by atoms with van der Waals surface area (Å²) < 4.78 is 0. The topological polar surface area (TPSA) is 42.0 Å². The van der Waals surface area contributed by atoms with Crippen LogP contribution in [0.25, 0.3) is 0 Å². The second kappa shape index (κ2) is 5.89. The van der Waals surface area contributed by atoms with E-state index >= 15 is 0 Å². The summed E-state index contributed by atoms with van der Waals surface area (Å²) in [6, 6.07) is 5.97. The van der Waals surface area contributed by atoms with Crippen LogP contribution in [0.3, 0.4) is 0 Å². The summed E-state index contributed by atoms with van der Waals surface area (Å²) in [6.45, 7) is 3.64. The smallest absolute Gasteiger partial charge is 0.161 e. The van der Waals surface area contributed by atoms with E-state index in [4.69, 9.17) is 11.6 Å². The van der Waals surface area contributed by atoms with Gasteiger partial charge in [-0.3, -0.25) is 4.79 Å². The molecule has 1 saturated carbocycles. The number of benzene rings is 1. The molecular weight excluding hydrogens is 320 g/mol. The van der Waals surface area contributed by atoms with Gasteiger partial charge < -0.3 is 5.32 Å². The fourth-order valence-corrected chi connectivity index (χ4v) is 4.43. The minimum atomic E-state index is 0.122. The molecule has 2 bridgehead atoms. The Morgan fingerprint density at radius 2 is 1.83 bits per heavy atom. The van der Waals surface area contributed by atoms with Gasteiger partial charge in [-0.2, -0.15) is 0 Å². The number of pyridine rings is 1. The van der Waals surface area contributed by atoms with E-state index in [1.54, 1.807) is 13.1 Å². The molecule has 24 heavy (non-hydrogen) atoms. The SMILES string of the molecule is CC(=O)c1cnc(Nc2ccc(C)c(Cl)c2)c2c1C1CCC2CC1. The second-order valence-electron chi connectivity index (χ2n) is 7.04. The summed E-state index contributed by atoms with van der Waals surface area (Å²) >= 11 is 6.25. The van der Waals surface area contributed by atoms with Gasteiger partial charge in [-0.15, -0.1) is 0 Å². The van der Waals surface area contributed by atoms with Gasteiger partial charge in [0.15, 0.2) is 5.78 Å². The highest BCUT2D eigenvalue weighted by atomic mass is 35.5. The number of aryl methyl sites for hydroxylation is 1. The first-order valence-electron chi connectivity index (χ1n) is 8.61. The van der Waals surface area contributed by atoms with Crippen LogP contribution in [-0.2, 0) is 0 Å². The Kier molecular flexibility index (Phi) is 3.84. The van der Waals surface area contributed by atoms with Crippen molar-refractivity contribution in [2.24, 2.45) is 0 Å². The molecule has 0 radical (unpaired) electrons. The van der Waals surface area contributed by atoms with E-state index in [0.717, 1.165) is 27.7 Å². The molecule has 5 rings (SSSR count). The number of anilines is 2. The van der Waals surface area contributed by atoms with Crippen LogP contribution in [0.15, 0.2) is 24.4 Å². The Balaban J connectivity index is 1.81. The summed E-state index contributed by atoms with van der Waals surface area (Å²) in [6.07, 6.45) is 6.53. The van der Waals surface area contributed by atoms with Crippen LogP contribution < -0.4 is 5.32 Å². The van der Waals surface area contributed by atoms with Gasteiger partial charge in [-0.25, -0.2) is 4.98 Å². The average Bonchev–Trinajstić information content (AvgIpc) is 2.59. The molecule has 0 aliphatic heterocycles. The molecule has 1 heterocycles. The molecule has 0 atom stereocenters. The van der Waals surface area contributed by atoms with E-state index in [2.05, 4.69) is 10.3 Å². The summed E-state index contributed by atoms with van der Waals surface area (Å²) in [7, 11) is 0. The summed E-state index contributed by atoms with van der Waals surface area (Å²) in [5.74, 6) is 2.04. The van der Waals surface area contributed by atoms with Crippen molar-refractivity contribution in [1.29, 1.82) is 0 Å². The average molecular weight is 341 g/mol. The van der Waals surface area contributed by atoms with Crippen molar-refractivity contribution in [2.45, 2.75) is 51.4 Å². The highest BCUT2D eigenvalue weighted by Crippen LogP contribution is 2.52. The summed E-state index contributed by atoms with van der Waals surface area (Å²) in [5.41, 5.74) is 5.33. The number of nitrogens with one attached hydrogen (secondary N) is 1. The number of carbonyl (C=O) groups excluding carboxylic acids is 1. The normalized spacial score (nSPS) is 21.5. The van der Waals surface area contributed by atoms with Crippen LogP contribution in [0.4, 0.5) is 11.5 Å². The van der Waals surface area contributed by atoms with E-state index in [0.29, 0.717) is 11.8 Å². The first-order valence-corrected chi connectivity index (χ1v) is 8.99. The maximum absolute atomic E-state index is 12.1. The zero-order valence-electron chi connectivity index (χ0n) is 14.0. The zero-order valence-corrected chi connectivity index (χ0v) is 14.8. The minimum Gasteiger partial charge on any atom is -0.340 e. The lowest BCUT2D eigenvalue weighted by atomic mass is 9.66. The van der Waals surface area contributed by atoms with Gasteiger partial charge in [0.1, 0.15) is 5.82 Å². The molecule has 2 aromatic rings. The Hall–Kier alpha value is -1.87. The molecule has 1 fully saturated rings. The standard InChI is InChI=1S/C20H21ClN2O/c1-11-3-8-15(9-17(11)21)23-20-19-14-6-4-13(5-7-14)18(19)16(10-22-20)12(2)24/h3,8-10,13-14H,4-7H2,1-2H3,(H,22,23). The van der Waals surface area contributed by atoms with Crippen molar-refractivity contribution in [2.75, 3.05) is 5.32 Å². The van der Waals surface area contributed by atoms with Crippen molar-refractivity contribution in [3.63, 3.8) is 0 Å². The molecule has 0 spiro atoms. The number of aromatic nitrogens is 1. The van der Waals surface area contributed by atoms with Crippen LogP contribution in [-0.4, -0.2) is 10.8 Å². The predicted octanol–water partition coefficient (Wildman–Crippen LogP) is 5.74. The molecule has 3 aliphatic carbocycles. The number of carbonyl (C=O) groups is 1. The first kappa shape index (κ1) is 15.6. The Bertz CT molecular complexity index is 823. The molecule has 124 valence electrons. The molecule has 1 N–H and O–H groups in total. The number of rotatable bonds is 3. The van der Waals surface area contributed by atoms with Gasteiger partial charge in [0.25, 0.3) is 0 Å². The van der Waals surface area contributed by atoms with Crippen molar-refractivity contribution in [3.8, 4) is 0 Å². The van der Waals surface area contributed by atoms with Gasteiger partial charge in [0, 0.05) is 28.0 Å². The third kappa shape index (κ3) is 2.51. The van der Waals surface area contributed by atoms with Gasteiger partial charge in [0.05, 0.1) is 0 Å². The molecule has 1 aromatic carbocycles. The number of hydrogen-bond donors (Lipinski definition) is 1. The largest absolute Gasteiger partial charge is 0.340 e. The van der Waals surface area contributed by atoms with E-state index in [-0.39, 0.29) is 5.78 Å². The van der Waals surface area contributed by atoms with Gasteiger partial charge in [0.2, 0.25) is 0 Å². The van der Waals surface area contributed by atoms with Crippen molar-refractivity contribution in [3.05, 3.63) is 51.7 Å². The lowest BCUT2D eigenvalue weighted by molar-refractivity contribution is 0.101. The van der Waals surface area contributed by atoms with Gasteiger partial charge in [-0.1, -0.05) is 17.7 Å². The molecule has 0 unspecified atom stereocenters. The molecular formula is C20H21ClN2O. The number of nitrogens with zero attached hydrogens (tertiary/aromatic N) is 1. The quantitative estimate of drug-likeness (QED) is 0.724. The number of halogens is 1. The van der Waals surface area contributed by atoms with Crippen LogP contribution in [0.5, 0.6) is 0 Å². The fourth-order valence-electron chi connectivity index (χ4n) is 4.25. The van der Waals surface area contributed by atoms with Gasteiger partial charge >= 0.3 is 0 Å². The van der Waals surface area contributed by atoms with Crippen molar-refractivity contribution >= 4 is 28.9 Å². The molecule has 3 nitrogen and oxygen atoms in total. The maximum Gasteiger partial charge on any atom is 0.161 e. The fraction of sp³-hybridized carbons (Fsp3) is 0.400. The van der Waals surface area contributed by atoms with Gasteiger partial charge in [-0.05, 0) is 74.6 Å². The van der Waals surface area contributed by atoms with Crippen molar-refractivity contribution in [1.82, 2.24) is 4.98 Å². The highest BCUT2D eigenvalue weighted by Gasteiger charge is 2.37. The number of ketones is 1.